The average molecular weight is 298 g/mol. The summed E-state index contributed by atoms with van der Waals surface area (Å²) in [6.45, 7) is 1.76. The molecule has 0 amide bonds. The Morgan fingerprint density at radius 2 is 2.21 bits per heavy atom. The first-order valence-corrected chi connectivity index (χ1v) is 8.32. The molecule has 0 atom stereocenters. The summed E-state index contributed by atoms with van der Waals surface area (Å²) in [5, 5.41) is 6.90. The van der Waals surface area contributed by atoms with E-state index in [4.69, 9.17) is 0 Å². The molecule has 0 spiro atoms. The number of hydrogen-bond acceptors (Lipinski definition) is 5. The van der Waals surface area contributed by atoms with E-state index in [0.29, 0.717) is 17.4 Å². The highest BCUT2D eigenvalue weighted by Gasteiger charge is 2.23. The Labute approximate surface area is 115 Å². The molecule has 19 heavy (non-hydrogen) atoms. The van der Waals surface area contributed by atoms with Crippen LogP contribution in [0.3, 0.4) is 0 Å². The molecule has 1 aliphatic carbocycles. The molecule has 1 fully saturated rings. The van der Waals surface area contributed by atoms with Gasteiger partial charge in [0.05, 0.1) is 5.69 Å². The van der Waals surface area contributed by atoms with Crippen molar-refractivity contribution in [1.29, 1.82) is 0 Å². The zero-order valence-corrected chi connectivity index (χ0v) is 12.0. The van der Waals surface area contributed by atoms with Crippen LogP contribution in [0.1, 0.15) is 36.6 Å². The zero-order chi connectivity index (χ0) is 13.5. The monoisotopic (exact) mass is 298 g/mol. The van der Waals surface area contributed by atoms with Gasteiger partial charge in [-0.3, -0.25) is 9.82 Å². The highest BCUT2D eigenvalue weighted by Crippen LogP contribution is 2.36. The van der Waals surface area contributed by atoms with Crippen LogP contribution in [0.2, 0.25) is 0 Å². The number of aromatic amines is 1. The van der Waals surface area contributed by atoms with Crippen LogP contribution in [0.4, 0.5) is 5.82 Å². The van der Waals surface area contributed by atoms with Gasteiger partial charge in [0.25, 0.3) is 10.0 Å². The third-order valence-electron chi connectivity index (χ3n) is 3.25. The van der Waals surface area contributed by atoms with E-state index < -0.39 is 10.0 Å². The summed E-state index contributed by atoms with van der Waals surface area (Å²) in [5.74, 6) is 0.837. The summed E-state index contributed by atoms with van der Waals surface area (Å²) in [7, 11) is -3.57. The molecule has 2 N–H and O–H groups in total. The molecule has 2 heterocycles. The number of aromatic nitrogens is 3. The number of hydrogen-bond donors (Lipinski definition) is 2. The van der Waals surface area contributed by atoms with Gasteiger partial charge in [-0.15, -0.1) is 0 Å². The molecule has 1 saturated carbocycles. The van der Waals surface area contributed by atoms with Crippen LogP contribution >= 0.6 is 11.5 Å². The Hall–Kier alpha value is -1.41. The lowest BCUT2D eigenvalue weighted by Crippen LogP contribution is -2.11. The molecule has 0 bridgehead atoms. The fourth-order valence-corrected chi connectivity index (χ4v) is 3.92. The lowest BCUT2D eigenvalue weighted by Gasteiger charge is -2.23. The molecular weight excluding hydrogens is 284 g/mol. The highest BCUT2D eigenvalue weighted by molar-refractivity contribution is 7.94. The van der Waals surface area contributed by atoms with E-state index in [1.807, 2.05) is 0 Å². The number of anilines is 1. The quantitative estimate of drug-likeness (QED) is 0.906. The summed E-state index contributed by atoms with van der Waals surface area (Å²) in [6, 6.07) is 3.32. The second kappa shape index (κ2) is 4.61. The molecule has 0 aromatic carbocycles. The van der Waals surface area contributed by atoms with Crippen molar-refractivity contribution in [2.75, 3.05) is 4.72 Å². The van der Waals surface area contributed by atoms with Crippen molar-refractivity contribution in [1.82, 2.24) is 14.6 Å². The summed E-state index contributed by atoms with van der Waals surface area (Å²) in [6.07, 6.45) is 3.51. The van der Waals surface area contributed by atoms with Crippen molar-refractivity contribution in [3.8, 4) is 0 Å². The summed E-state index contributed by atoms with van der Waals surface area (Å²) >= 11 is 0.966. The zero-order valence-electron chi connectivity index (χ0n) is 10.4. The Balaban J connectivity index is 1.78. The maximum absolute atomic E-state index is 12.1. The van der Waals surface area contributed by atoms with Crippen molar-refractivity contribution < 1.29 is 8.42 Å². The molecule has 0 unspecified atom stereocenters. The van der Waals surface area contributed by atoms with Gasteiger partial charge in [-0.2, -0.15) is 9.47 Å². The molecule has 2 aromatic heterocycles. The topological polar surface area (TPSA) is 87.7 Å². The van der Waals surface area contributed by atoms with Gasteiger partial charge in [0.2, 0.25) is 0 Å². The van der Waals surface area contributed by atoms with E-state index in [2.05, 4.69) is 19.3 Å². The van der Waals surface area contributed by atoms with E-state index in [1.165, 1.54) is 6.42 Å². The third kappa shape index (κ3) is 2.50. The maximum atomic E-state index is 12.1. The van der Waals surface area contributed by atoms with Crippen molar-refractivity contribution >= 4 is 27.4 Å². The van der Waals surface area contributed by atoms with Crippen LogP contribution in [0.5, 0.6) is 0 Å². The molecule has 102 valence electrons. The van der Waals surface area contributed by atoms with Crippen LogP contribution in [0, 0.1) is 6.92 Å². The average Bonchev–Trinajstić information content (AvgIpc) is 2.85. The number of nitrogens with one attached hydrogen (secondary N) is 2. The standard InChI is InChI=1S/C11H14N4O2S2/c1-7-5-11(18-14-7)19(16,17)15-10-6-9(12-13-10)8-3-2-4-8/h5-6,8H,2-4H2,1H3,(H2,12,13,15). The first kappa shape index (κ1) is 12.6. The van der Waals surface area contributed by atoms with E-state index in [1.54, 1.807) is 19.1 Å². The normalized spacial score (nSPS) is 16.3. The first-order chi connectivity index (χ1) is 9.04. The van der Waals surface area contributed by atoms with E-state index in [0.717, 1.165) is 30.1 Å². The molecule has 2 aromatic rings. The van der Waals surface area contributed by atoms with Gasteiger partial charge >= 0.3 is 0 Å². The number of aryl methyl sites for hydroxylation is 1. The summed E-state index contributed by atoms with van der Waals surface area (Å²) in [4.78, 5) is 0. The van der Waals surface area contributed by atoms with Crippen molar-refractivity contribution in [3.63, 3.8) is 0 Å². The SMILES string of the molecule is Cc1cc(S(=O)(=O)Nc2cc(C3CCC3)[nH]n2)sn1. The molecule has 6 nitrogen and oxygen atoms in total. The number of rotatable bonds is 4. The molecule has 1 aliphatic rings. The molecule has 0 radical (unpaired) electrons. The number of nitrogens with zero attached hydrogens (tertiary/aromatic N) is 2. The van der Waals surface area contributed by atoms with Crippen LogP contribution in [-0.2, 0) is 10.0 Å². The van der Waals surface area contributed by atoms with Gasteiger partial charge in [-0.25, -0.2) is 8.42 Å². The Kier molecular flexibility index (Phi) is 3.06. The van der Waals surface area contributed by atoms with Gasteiger partial charge in [0, 0.05) is 17.7 Å². The maximum Gasteiger partial charge on any atom is 0.274 e. The van der Waals surface area contributed by atoms with E-state index in [9.17, 15) is 8.42 Å². The van der Waals surface area contributed by atoms with Crippen LogP contribution in [0.25, 0.3) is 0 Å². The molecule has 0 saturated heterocycles. The highest BCUT2D eigenvalue weighted by atomic mass is 32.2. The van der Waals surface area contributed by atoms with Crippen LogP contribution in [-0.4, -0.2) is 23.0 Å². The predicted molar refractivity (Wildman–Crippen MR) is 72.8 cm³/mol. The van der Waals surface area contributed by atoms with Gasteiger partial charge in [0.1, 0.15) is 0 Å². The van der Waals surface area contributed by atoms with Crippen molar-refractivity contribution in [2.45, 2.75) is 36.3 Å². The molecular formula is C11H14N4O2S2. The van der Waals surface area contributed by atoms with Crippen molar-refractivity contribution in [2.24, 2.45) is 0 Å². The van der Waals surface area contributed by atoms with Gasteiger partial charge in [-0.05, 0) is 37.4 Å². The summed E-state index contributed by atoms with van der Waals surface area (Å²) < 4.78 is 30.8. The fraction of sp³-hybridized carbons (Fsp3) is 0.455. The number of sulfonamides is 1. The first-order valence-electron chi connectivity index (χ1n) is 6.06. The van der Waals surface area contributed by atoms with Crippen LogP contribution in [0.15, 0.2) is 16.3 Å². The van der Waals surface area contributed by atoms with Gasteiger partial charge in [-0.1, -0.05) is 6.42 Å². The second-order valence-corrected chi connectivity index (χ2v) is 7.44. The minimum absolute atomic E-state index is 0.207. The van der Waals surface area contributed by atoms with Crippen molar-refractivity contribution in [3.05, 3.63) is 23.5 Å². The Morgan fingerprint density at radius 1 is 1.42 bits per heavy atom. The molecule has 8 heteroatoms. The number of H-pyrrole nitrogens is 1. The van der Waals surface area contributed by atoms with Gasteiger partial charge in [0.15, 0.2) is 10.0 Å². The van der Waals surface area contributed by atoms with E-state index >= 15 is 0 Å². The predicted octanol–water partition coefficient (Wildman–Crippen LogP) is 2.24. The van der Waals surface area contributed by atoms with E-state index in [-0.39, 0.29) is 4.21 Å². The fourth-order valence-electron chi connectivity index (χ4n) is 1.97. The Bertz CT molecular complexity index is 685. The minimum Gasteiger partial charge on any atom is -0.280 e. The second-order valence-electron chi connectivity index (χ2n) is 4.73. The molecule has 3 rings (SSSR count). The largest absolute Gasteiger partial charge is 0.280 e. The molecule has 0 aliphatic heterocycles. The summed E-state index contributed by atoms with van der Waals surface area (Å²) in [5.41, 5.74) is 1.70. The third-order valence-corrected chi connectivity index (χ3v) is 5.94. The Morgan fingerprint density at radius 3 is 2.79 bits per heavy atom. The lowest BCUT2D eigenvalue weighted by molar-refractivity contribution is 0.410. The minimum atomic E-state index is -3.57. The van der Waals surface area contributed by atoms with Crippen LogP contribution < -0.4 is 4.72 Å². The smallest absolute Gasteiger partial charge is 0.274 e. The van der Waals surface area contributed by atoms with Gasteiger partial charge < -0.3 is 0 Å². The lowest BCUT2D eigenvalue weighted by atomic mass is 9.83.